The predicted molar refractivity (Wildman–Crippen MR) is 128 cm³/mol. The number of hydrogen-bond donors (Lipinski definition) is 2. The van der Waals surface area contributed by atoms with Crippen LogP contribution in [0.3, 0.4) is 0 Å². The Morgan fingerprint density at radius 2 is 1.87 bits per heavy atom. The molecular formula is C26H44N2O3. The second-order valence-corrected chi connectivity index (χ2v) is 9.63. The van der Waals surface area contributed by atoms with E-state index in [1.165, 1.54) is 30.4 Å². The number of likely N-dealkylation sites (N-methyl/N-ethyl adjacent to an activating group) is 1. The molecule has 0 aromatic heterocycles. The number of nitrogens with zero attached hydrogens (tertiary/aromatic N) is 1. The highest BCUT2D eigenvalue weighted by atomic mass is 16.5. The number of carbonyl (C=O) groups is 1. The molecule has 1 aromatic carbocycles. The molecular weight excluding hydrogens is 388 g/mol. The molecule has 5 heteroatoms. The fourth-order valence-electron chi connectivity index (χ4n) is 6.02. The molecule has 31 heavy (non-hydrogen) atoms. The second-order valence-electron chi connectivity index (χ2n) is 9.63. The fraction of sp³-hybridized carbons (Fsp3) is 0.731. The standard InChI is InChI=1S/C22H31NO3.C2H7N.C2H6/c1-22-11-10-17-16-7-5-15(26-21(25)13-23(2)3)12-14(16)4-6-18(17)19(22)8-9-20(22)24;1-3-2;1-2/h5,7,12,17-20,24H,4,6,8-11,13H2,1-3H3;3H,1-2H3;1-2H3. The molecule has 5 atom stereocenters. The maximum absolute atomic E-state index is 11.9. The van der Waals surface area contributed by atoms with Crippen LogP contribution in [-0.4, -0.2) is 56.8 Å². The highest BCUT2D eigenvalue weighted by molar-refractivity contribution is 5.74. The zero-order chi connectivity index (χ0) is 23.2. The monoisotopic (exact) mass is 432 g/mol. The zero-order valence-electron chi connectivity index (χ0n) is 20.7. The zero-order valence-corrected chi connectivity index (χ0v) is 20.7. The number of ether oxygens (including phenoxy) is 1. The van der Waals surface area contributed by atoms with E-state index in [0.29, 0.717) is 30.0 Å². The van der Waals surface area contributed by atoms with Gasteiger partial charge in [-0.25, -0.2) is 0 Å². The van der Waals surface area contributed by atoms with Gasteiger partial charge in [0, 0.05) is 0 Å². The summed E-state index contributed by atoms with van der Waals surface area (Å²) in [6.07, 6.45) is 6.57. The summed E-state index contributed by atoms with van der Waals surface area (Å²) >= 11 is 0. The number of fused-ring (bicyclic) bond motifs is 5. The number of nitrogens with one attached hydrogen (secondary N) is 1. The average molecular weight is 433 g/mol. The number of hydrogen-bond acceptors (Lipinski definition) is 5. The van der Waals surface area contributed by atoms with Crippen molar-refractivity contribution in [1.82, 2.24) is 10.2 Å². The van der Waals surface area contributed by atoms with Crippen LogP contribution in [0.1, 0.15) is 69.9 Å². The van der Waals surface area contributed by atoms with Gasteiger partial charge in [0.1, 0.15) is 5.75 Å². The van der Waals surface area contributed by atoms with Crippen molar-refractivity contribution in [2.45, 2.75) is 71.3 Å². The van der Waals surface area contributed by atoms with Crippen LogP contribution in [0.5, 0.6) is 5.75 Å². The Hall–Kier alpha value is -1.43. The summed E-state index contributed by atoms with van der Waals surface area (Å²) in [6.45, 7) is 6.61. The van der Waals surface area contributed by atoms with Gasteiger partial charge >= 0.3 is 5.97 Å². The summed E-state index contributed by atoms with van der Waals surface area (Å²) < 4.78 is 5.51. The molecule has 2 saturated carbocycles. The summed E-state index contributed by atoms with van der Waals surface area (Å²) in [5, 5.41) is 13.2. The Labute approximate surface area is 189 Å². The van der Waals surface area contributed by atoms with Gasteiger partial charge in [-0.15, -0.1) is 0 Å². The number of aliphatic hydroxyl groups is 1. The molecule has 0 spiro atoms. The van der Waals surface area contributed by atoms with Crippen molar-refractivity contribution in [1.29, 1.82) is 0 Å². The molecule has 4 rings (SSSR count). The van der Waals surface area contributed by atoms with Gasteiger partial charge in [-0.05, 0) is 113 Å². The van der Waals surface area contributed by atoms with Crippen molar-refractivity contribution in [3.05, 3.63) is 29.3 Å². The number of aryl methyl sites for hydroxylation is 1. The van der Waals surface area contributed by atoms with E-state index in [1.54, 1.807) is 0 Å². The number of benzene rings is 1. The van der Waals surface area contributed by atoms with Gasteiger partial charge in [0.25, 0.3) is 0 Å². The SMILES string of the molecule is CC.CN(C)CC(=O)Oc1ccc2c(c1)CCC1C2CCC2(C)C(O)CCC12.CNC. The minimum absolute atomic E-state index is 0.117. The molecule has 3 aliphatic rings. The lowest BCUT2D eigenvalue weighted by Gasteiger charge is -2.50. The van der Waals surface area contributed by atoms with Crippen LogP contribution in [0.25, 0.3) is 0 Å². The molecule has 0 radical (unpaired) electrons. The van der Waals surface area contributed by atoms with Gasteiger partial charge in [0.05, 0.1) is 12.6 Å². The van der Waals surface area contributed by atoms with Crippen LogP contribution in [-0.2, 0) is 11.2 Å². The third kappa shape index (κ3) is 5.68. The van der Waals surface area contributed by atoms with E-state index < -0.39 is 0 Å². The normalized spacial score (nSPS) is 30.6. The Morgan fingerprint density at radius 3 is 2.52 bits per heavy atom. The molecule has 0 bridgehead atoms. The van der Waals surface area contributed by atoms with Crippen LogP contribution in [0.4, 0.5) is 0 Å². The maximum atomic E-state index is 11.9. The third-order valence-corrected chi connectivity index (χ3v) is 7.32. The van der Waals surface area contributed by atoms with Gasteiger partial charge in [-0.2, -0.15) is 0 Å². The largest absolute Gasteiger partial charge is 0.426 e. The van der Waals surface area contributed by atoms with E-state index >= 15 is 0 Å². The molecule has 2 fully saturated rings. The fourth-order valence-corrected chi connectivity index (χ4v) is 6.02. The van der Waals surface area contributed by atoms with Gasteiger partial charge < -0.3 is 15.2 Å². The molecule has 5 nitrogen and oxygen atoms in total. The average Bonchev–Trinajstić information content (AvgIpc) is 3.04. The molecule has 1 aromatic rings. The number of aliphatic hydroxyl groups excluding tert-OH is 1. The van der Waals surface area contributed by atoms with E-state index in [4.69, 9.17) is 4.74 Å². The highest BCUT2D eigenvalue weighted by Crippen LogP contribution is 2.60. The molecule has 176 valence electrons. The lowest BCUT2D eigenvalue weighted by atomic mass is 9.55. The Bertz CT molecular complexity index is 721. The summed E-state index contributed by atoms with van der Waals surface area (Å²) in [6, 6.07) is 6.24. The van der Waals surface area contributed by atoms with Crippen LogP contribution >= 0.6 is 0 Å². The Kier molecular flexibility index (Phi) is 9.53. The van der Waals surface area contributed by atoms with Crippen molar-refractivity contribution in [2.24, 2.45) is 17.3 Å². The molecule has 3 aliphatic carbocycles. The molecule has 5 unspecified atom stereocenters. The van der Waals surface area contributed by atoms with Crippen molar-refractivity contribution in [3.63, 3.8) is 0 Å². The quantitative estimate of drug-likeness (QED) is 0.553. The van der Waals surface area contributed by atoms with Crippen LogP contribution in [0.2, 0.25) is 0 Å². The first kappa shape index (κ1) is 25.8. The van der Waals surface area contributed by atoms with Crippen LogP contribution < -0.4 is 10.1 Å². The molecule has 0 aliphatic heterocycles. The minimum atomic E-state index is -0.211. The van der Waals surface area contributed by atoms with Crippen molar-refractivity contribution < 1.29 is 14.6 Å². The Morgan fingerprint density at radius 1 is 1.19 bits per heavy atom. The van der Waals surface area contributed by atoms with E-state index in [-0.39, 0.29) is 17.5 Å². The van der Waals surface area contributed by atoms with Crippen molar-refractivity contribution in [2.75, 3.05) is 34.7 Å². The van der Waals surface area contributed by atoms with Crippen LogP contribution in [0, 0.1) is 17.3 Å². The summed E-state index contributed by atoms with van der Waals surface area (Å²) in [5.74, 6) is 2.42. The van der Waals surface area contributed by atoms with Crippen molar-refractivity contribution in [3.8, 4) is 5.75 Å². The van der Waals surface area contributed by atoms with Crippen molar-refractivity contribution >= 4 is 5.97 Å². The topological polar surface area (TPSA) is 61.8 Å². The summed E-state index contributed by atoms with van der Waals surface area (Å²) in [4.78, 5) is 13.7. The predicted octanol–water partition coefficient (Wildman–Crippen LogP) is 4.23. The molecule has 0 saturated heterocycles. The number of esters is 1. The van der Waals surface area contributed by atoms with E-state index in [2.05, 4.69) is 24.4 Å². The molecule has 0 heterocycles. The first-order valence-corrected chi connectivity index (χ1v) is 12.0. The van der Waals surface area contributed by atoms with E-state index in [0.717, 1.165) is 19.3 Å². The van der Waals surface area contributed by atoms with Gasteiger partial charge in [0.15, 0.2) is 0 Å². The lowest BCUT2D eigenvalue weighted by molar-refractivity contribution is -0.135. The van der Waals surface area contributed by atoms with E-state index in [9.17, 15) is 9.90 Å². The summed E-state index contributed by atoms with van der Waals surface area (Å²) in [5.41, 5.74) is 2.93. The van der Waals surface area contributed by atoms with Crippen LogP contribution in [0.15, 0.2) is 18.2 Å². The lowest BCUT2D eigenvalue weighted by Crippen LogP contribution is -2.43. The number of rotatable bonds is 3. The first-order valence-electron chi connectivity index (χ1n) is 12.0. The minimum Gasteiger partial charge on any atom is -0.426 e. The number of carbonyl (C=O) groups excluding carboxylic acids is 1. The first-order chi connectivity index (χ1) is 14.8. The second kappa shape index (κ2) is 11.4. The highest BCUT2D eigenvalue weighted by Gasteiger charge is 2.54. The third-order valence-electron chi connectivity index (χ3n) is 7.32. The molecule has 0 amide bonds. The van der Waals surface area contributed by atoms with Gasteiger partial charge in [0.2, 0.25) is 0 Å². The van der Waals surface area contributed by atoms with Gasteiger partial charge in [-0.3, -0.25) is 9.69 Å². The Balaban J connectivity index is 0.000000630. The molecule has 2 N–H and O–H groups in total. The smallest absolute Gasteiger partial charge is 0.325 e. The summed E-state index contributed by atoms with van der Waals surface area (Å²) in [7, 11) is 7.48. The maximum Gasteiger partial charge on any atom is 0.325 e. The van der Waals surface area contributed by atoms with E-state index in [1.807, 2.05) is 53.0 Å². The van der Waals surface area contributed by atoms with Gasteiger partial charge in [-0.1, -0.05) is 26.8 Å².